The lowest BCUT2D eigenvalue weighted by molar-refractivity contribution is 0.546. The fourth-order valence-electron chi connectivity index (χ4n) is 1.99. The summed E-state index contributed by atoms with van der Waals surface area (Å²) < 4.78 is 40.1. The molecule has 4 nitrogen and oxygen atoms in total. The topological polar surface area (TPSA) is 72.2 Å². The maximum atomic E-state index is 13.1. The van der Waals surface area contributed by atoms with Gasteiger partial charge in [0.15, 0.2) is 0 Å². The summed E-state index contributed by atoms with van der Waals surface area (Å²) in [6.45, 7) is 0.156. The van der Waals surface area contributed by atoms with Crippen molar-refractivity contribution in [3.05, 3.63) is 66.0 Å². The van der Waals surface area contributed by atoms with Crippen LogP contribution in [0.15, 0.2) is 59.5 Å². The van der Waals surface area contributed by atoms with Crippen molar-refractivity contribution in [3.8, 4) is 0 Å². The largest absolute Gasteiger partial charge is 0.329 e. The number of nitrogens with one attached hydrogen (secondary N) is 1. The Bertz CT molecular complexity index is 690. The molecular formula is C15H17FN2O2S. The van der Waals surface area contributed by atoms with Gasteiger partial charge in [-0.2, -0.15) is 0 Å². The van der Waals surface area contributed by atoms with Crippen LogP contribution in [0.1, 0.15) is 5.56 Å². The summed E-state index contributed by atoms with van der Waals surface area (Å²) in [7, 11) is -3.78. The molecule has 2 rings (SSSR count). The van der Waals surface area contributed by atoms with Crippen LogP contribution in [0.2, 0.25) is 0 Å². The number of sulfonamides is 1. The second-order valence-corrected chi connectivity index (χ2v) is 6.41. The first kappa shape index (κ1) is 15.6. The third kappa shape index (κ3) is 4.35. The van der Waals surface area contributed by atoms with Gasteiger partial charge in [0.05, 0.1) is 4.90 Å². The highest BCUT2D eigenvalue weighted by atomic mass is 32.2. The summed E-state index contributed by atoms with van der Waals surface area (Å²) in [5.74, 6) is -0.592. The van der Waals surface area contributed by atoms with Crippen LogP contribution in [0.4, 0.5) is 4.39 Å². The Balaban J connectivity index is 2.14. The van der Waals surface area contributed by atoms with Crippen molar-refractivity contribution in [3.63, 3.8) is 0 Å². The van der Waals surface area contributed by atoms with E-state index < -0.39 is 21.9 Å². The minimum Gasteiger partial charge on any atom is -0.329 e. The highest BCUT2D eigenvalue weighted by Gasteiger charge is 2.19. The average molecular weight is 308 g/mol. The van der Waals surface area contributed by atoms with Crippen molar-refractivity contribution in [2.45, 2.75) is 17.4 Å². The van der Waals surface area contributed by atoms with E-state index in [0.717, 1.165) is 11.6 Å². The molecular weight excluding hydrogens is 291 g/mol. The van der Waals surface area contributed by atoms with E-state index in [1.807, 2.05) is 30.3 Å². The molecule has 2 aromatic carbocycles. The van der Waals surface area contributed by atoms with Crippen LogP contribution in [-0.4, -0.2) is 21.0 Å². The Morgan fingerprint density at radius 2 is 1.81 bits per heavy atom. The van der Waals surface area contributed by atoms with Gasteiger partial charge in [0.25, 0.3) is 0 Å². The van der Waals surface area contributed by atoms with Gasteiger partial charge >= 0.3 is 0 Å². The molecule has 0 saturated carbocycles. The van der Waals surface area contributed by atoms with Gasteiger partial charge in [0.2, 0.25) is 10.0 Å². The summed E-state index contributed by atoms with van der Waals surface area (Å²) in [6, 6.07) is 13.9. The number of hydrogen-bond donors (Lipinski definition) is 2. The molecule has 0 amide bonds. The van der Waals surface area contributed by atoms with E-state index in [1.165, 1.54) is 18.2 Å². The van der Waals surface area contributed by atoms with Crippen LogP contribution < -0.4 is 10.5 Å². The van der Waals surface area contributed by atoms with E-state index in [1.54, 1.807) is 0 Å². The Morgan fingerprint density at radius 3 is 2.43 bits per heavy atom. The van der Waals surface area contributed by atoms with Crippen molar-refractivity contribution in [2.24, 2.45) is 5.73 Å². The molecule has 0 saturated heterocycles. The first-order valence-corrected chi connectivity index (χ1v) is 8.01. The molecule has 112 valence electrons. The van der Waals surface area contributed by atoms with E-state index >= 15 is 0 Å². The zero-order valence-corrected chi connectivity index (χ0v) is 12.2. The summed E-state index contributed by atoms with van der Waals surface area (Å²) in [5, 5.41) is 0. The maximum absolute atomic E-state index is 13.1. The standard InChI is InChI=1S/C15H17FN2O2S/c16-13-7-4-8-15(10-13)21(19,20)18-14(11-17)9-12-5-2-1-3-6-12/h1-8,10,14,18H,9,11,17H2. The molecule has 1 atom stereocenters. The van der Waals surface area contributed by atoms with Crippen molar-refractivity contribution in [1.82, 2.24) is 4.72 Å². The number of benzene rings is 2. The van der Waals surface area contributed by atoms with Crippen LogP contribution in [0, 0.1) is 5.82 Å². The molecule has 6 heteroatoms. The predicted molar refractivity (Wildman–Crippen MR) is 79.7 cm³/mol. The lowest BCUT2D eigenvalue weighted by Gasteiger charge is -2.17. The van der Waals surface area contributed by atoms with Gasteiger partial charge in [-0.25, -0.2) is 17.5 Å². The fraction of sp³-hybridized carbons (Fsp3) is 0.200. The molecule has 0 heterocycles. The first-order valence-electron chi connectivity index (χ1n) is 6.53. The lowest BCUT2D eigenvalue weighted by Crippen LogP contribution is -2.41. The molecule has 0 aliphatic heterocycles. The Kier molecular flexibility index (Phi) is 5.06. The second-order valence-electron chi connectivity index (χ2n) is 4.70. The Labute approximate surface area is 123 Å². The first-order chi connectivity index (χ1) is 10.0. The third-order valence-electron chi connectivity index (χ3n) is 3.04. The van der Waals surface area contributed by atoms with Crippen molar-refractivity contribution in [2.75, 3.05) is 6.54 Å². The molecule has 0 aromatic heterocycles. The summed E-state index contributed by atoms with van der Waals surface area (Å²) in [4.78, 5) is -0.103. The molecule has 0 bridgehead atoms. The van der Waals surface area contributed by atoms with Crippen LogP contribution in [0.25, 0.3) is 0 Å². The normalized spacial score (nSPS) is 13.0. The minimum atomic E-state index is -3.78. The second kappa shape index (κ2) is 6.80. The van der Waals surface area contributed by atoms with Crippen molar-refractivity contribution in [1.29, 1.82) is 0 Å². The molecule has 0 fully saturated rings. The number of nitrogens with two attached hydrogens (primary N) is 1. The molecule has 0 aliphatic rings. The van der Waals surface area contributed by atoms with Gasteiger partial charge in [-0.3, -0.25) is 0 Å². The monoisotopic (exact) mass is 308 g/mol. The number of hydrogen-bond acceptors (Lipinski definition) is 3. The Hall–Kier alpha value is -1.76. The van der Waals surface area contributed by atoms with E-state index in [9.17, 15) is 12.8 Å². The smallest absolute Gasteiger partial charge is 0.240 e. The highest BCUT2D eigenvalue weighted by molar-refractivity contribution is 7.89. The summed E-state index contributed by atoms with van der Waals surface area (Å²) in [6.07, 6.45) is 0.478. The van der Waals surface area contributed by atoms with E-state index in [4.69, 9.17) is 5.73 Å². The molecule has 1 unspecified atom stereocenters. The van der Waals surface area contributed by atoms with Gasteiger partial charge in [0, 0.05) is 12.6 Å². The highest BCUT2D eigenvalue weighted by Crippen LogP contribution is 2.12. The van der Waals surface area contributed by atoms with Gasteiger partial charge in [-0.1, -0.05) is 36.4 Å². The molecule has 2 aromatic rings. The minimum absolute atomic E-state index is 0.103. The van der Waals surface area contributed by atoms with Gasteiger partial charge < -0.3 is 5.73 Å². The summed E-state index contributed by atoms with van der Waals surface area (Å²) >= 11 is 0. The molecule has 0 spiro atoms. The van der Waals surface area contributed by atoms with E-state index in [2.05, 4.69) is 4.72 Å². The molecule has 0 aliphatic carbocycles. The van der Waals surface area contributed by atoms with Crippen LogP contribution >= 0.6 is 0 Å². The zero-order chi connectivity index (χ0) is 15.3. The predicted octanol–water partition coefficient (Wildman–Crippen LogP) is 1.67. The quantitative estimate of drug-likeness (QED) is 0.853. The van der Waals surface area contributed by atoms with E-state index in [0.29, 0.717) is 6.42 Å². The Morgan fingerprint density at radius 1 is 1.10 bits per heavy atom. The average Bonchev–Trinajstić information content (AvgIpc) is 2.47. The van der Waals surface area contributed by atoms with Crippen LogP contribution in [-0.2, 0) is 16.4 Å². The van der Waals surface area contributed by atoms with Gasteiger partial charge in [-0.05, 0) is 30.2 Å². The molecule has 3 N–H and O–H groups in total. The van der Waals surface area contributed by atoms with Crippen LogP contribution in [0.5, 0.6) is 0 Å². The number of rotatable bonds is 6. The van der Waals surface area contributed by atoms with E-state index in [-0.39, 0.29) is 11.4 Å². The fourth-order valence-corrected chi connectivity index (χ4v) is 3.27. The van der Waals surface area contributed by atoms with Gasteiger partial charge in [-0.15, -0.1) is 0 Å². The summed E-state index contributed by atoms with van der Waals surface area (Å²) in [5.41, 5.74) is 6.62. The van der Waals surface area contributed by atoms with Crippen molar-refractivity contribution < 1.29 is 12.8 Å². The molecule has 0 radical (unpaired) electrons. The lowest BCUT2D eigenvalue weighted by atomic mass is 10.1. The van der Waals surface area contributed by atoms with Crippen molar-refractivity contribution >= 4 is 10.0 Å². The van der Waals surface area contributed by atoms with Gasteiger partial charge in [0.1, 0.15) is 5.82 Å². The van der Waals surface area contributed by atoms with Crippen LogP contribution in [0.3, 0.4) is 0 Å². The third-order valence-corrected chi connectivity index (χ3v) is 4.56. The maximum Gasteiger partial charge on any atom is 0.240 e. The zero-order valence-electron chi connectivity index (χ0n) is 11.4. The molecule has 21 heavy (non-hydrogen) atoms. The number of halogens is 1. The SMILES string of the molecule is NCC(Cc1ccccc1)NS(=O)(=O)c1cccc(F)c1.